The van der Waals surface area contributed by atoms with Gasteiger partial charge in [0.15, 0.2) is 5.65 Å². The van der Waals surface area contributed by atoms with Crippen LogP contribution < -0.4 is 0 Å². The minimum atomic E-state index is -0.171. The Hall–Kier alpha value is -3.21. The molecule has 0 unspecified atom stereocenters. The van der Waals surface area contributed by atoms with Crippen molar-refractivity contribution in [1.82, 2.24) is 19.4 Å². The molecule has 1 aromatic carbocycles. The average molecular weight is 396 g/mol. The van der Waals surface area contributed by atoms with Crippen LogP contribution in [-0.4, -0.2) is 19.4 Å². The van der Waals surface area contributed by atoms with Crippen LogP contribution in [0.4, 0.5) is 0 Å². The largest absolute Gasteiger partial charge is 0.456 e. The number of hydrogen-bond acceptors (Lipinski definition) is 4. The molecule has 0 aliphatic heterocycles. The molecule has 0 spiro atoms. The fourth-order valence-electron chi connectivity index (χ4n) is 4.32. The second-order valence-corrected chi connectivity index (χ2v) is 10.3. The number of pyridine rings is 1. The first-order valence-corrected chi connectivity index (χ1v) is 10.4. The van der Waals surface area contributed by atoms with Crippen molar-refractivity contribution in [3.05, 3.63) is 47.9 Å². The van der Waals surface area contributed by atoms with Gasteiger partial charge in [-0.2, -0.15) is 0 Å². The molecule has 2 bridgehead atoms. The highest BCUT2D eigenvalue weighted by molar-refractivity contribution is 6.14. The first kappa shape index (κ1) is 17.6. The first-order chi connectivity index (χ1) is 14.1. The summed E-state index contributed by atoms with van der Waals surface area (Å²) in [4.78, 5) is 15.2. The van der Waals surface area contributed by atoms with Crippen molar-refractivity contribution in [2.75, 3.05) is 0 Å². The molecule has 6 rings (SSSR count). The van der Waals surface area contributed by atoms with Crippen LogP contribution in [0.15, 0.2) is 40.8 Å². The summed E-state index contributed by atoms with van der Waals surface area (Å²) in [5, 5.41) is 3.25. The molecule has 0 aliphatic rings. The molecule has 0 radical (unpaired) electrons. The van der Waals surface area contributed by atoms with Crippen LogP contribution in [0.1, 0.15) is 53.1 Å². The van der Waals surface area contributed by atoms with E-state index in [2.05, 4.69) is 70.2 Å². The Kier molecular flexibility index (Phi) is 3.10. The molecule has 5 aromatic heterocycles. The molecule has 5 heterocycles. The van der Waals surface area contributed by atoms with E-state index >= 15 is 0 Å². The standard InChI is InChI=1S/C25H24N4O/c1-24(2,3)20-10-7-16-22(28-20)29-21(26-16)15-11-13-14(19-9-8-18(13)30-19)12-17(15)27-23(29)25(4,5)6/h7-12H,1-6H3. The Morgan fingerprint density at radius 3 is 2.03 bits per heavy atom. The van der Waals surface area contributed by atoms with E-state index in [-0.39, 0.29) is 10.8 Å². The molecule has 0 fully saturated rings. The van der Waals surface area contributed by atoms with Crippen LogP contribution in [0.25, 0.3) is 49.7 Å². The van der Waals surface area contributed by atoms with Gasteiger partial charge in [0.25, 0.3) is 0 Å². The Bertz CT molecular complexity index is 1610. The number of aromatic nitrogens is 4. The zero-order valence-corrected chi connectivity index (χ0v) is 18.2. The van der Waals surface area contributed by atoms with E-state index in [1.54, 1.807) is 0 Å². The lowest BCUT2D eigenvalue weighted by Crippen LogP contribution is -2.19. The Balaban J connectivity index is 1.83. The summed E-state index contributed by atoms with van der Waals surface area (Å²) >= 11 is 0. The molecular formula is C25H24N4O. The molecule has 0 amide bonds. The Morgan fingerprint density at radius 1 is 0.667 bits per heavy atom. The summed E-state index contributed by atoms with van der Waals surface area (Å²) in [6.07, 6.45) is 0. The molecule has 0 saturated carbocycles. The van der Waals surface area contributed by atoms with Crippen LogP contribution in [0.3, 0.4) is 0 Å². The molecule has 30 heavy (non-hydrogen) atoms. The smallest absolute Gasteiger partial charge is 0.166 e. The molecule has 150 valence electrons. The summed E-state index contributed by atoms with van der Waals surface area (Å²) in [5.74, 6) is 0.961. The highest BCUT2D eigenvalue weighted by atomic mass is 16.3. The van der Waals surface area contributed by atoms with E-state index in [0.29, 0.717) is 0 Å². The third kappa shape index (κ3) is 2.26. The van der Waals surface area contributed by atoms with E-state index in [1.165, 1.54) is 0 Å². The predicted molar refractivity (Wildman–Crippen MR) is 122 cm³/mol. The van der Waals surface area contributed by atoms with Crippen molar-refractivity contribution < 1.29 is 4.42 Å². The predicted octanol–water partition coefficient (Wildman–Crippen LogP) is 6.36. The molecule has 0 aliphatic carbocycles. The third-order valence-corrected chi connectivity index (χ3v) is 5.90. The van der Waals surface area contributed by atoms with Gasteiger partial charge < -0.3 is 4.42 Å². The molecular weight excluding hydrogens is 372 g/mol. The van der Waals surface area contributed by atoms with Crippen LogP contribution in [0.2, 0.25) is 0 Å². The van der Waals surface area contributed by atoms with Gasteiger partial charge in [-0.1, -0.05) is 41.5 Å². The van der Waals surface area contributed by atoms with Gasteiger partial charge in [-0.25, -0.2) is 15.0 Å². The molecule has 0 atom stereocenters. The van der Waals surface area contributed by atoms with Gasteiger partial charge in [-0.15, -0.1) is 0 Å². The summed E-state index contributed by atoms with van der Waals surface area (Å²) in [7, 11) is 0. The molecule has 0 N–H and O–H groups in total. The fraction of sp³-hybridized carbons (Fsp3) is 0.320. The summed E-state index contributed by atoms with van der Waals surface area (Å²) in [6, 6.07) is 12.5. The number of fused-ring (bicyclic) bond motifs is 10. The van der Waals surface area contributed by atoms with Crippen LogP contribution in [-0.2, 0) is 10.8 Å². The van der Waals surface area contributed by atoms with Gasteiger partial charge in [0.05, 0.1) is 5.52 Å². The monoisotopic (exact) mass is 396 g/mol. The number of hydrogen-bond donors (Lipinski definition) is 0. The number of nitrogens with zero attached hydrogens (tertiary/aromatic N) is 4. The molecule has 0 saturated heterocycles. The van der Waals surface area contributed by atoms with Crippen LogP contribution in [0.5, 0.6) is 0 Å². The van der Waals surface area contributed by atoms with Crippen molar-refractivity contribution in [2.24, 2.45) is 0 Å². The summed E-state index contributed by atoms with van der Waals surface area (Å²) in [5.41, 5.74) is 6.26. The highest BCUT2D eigenvalue weighted by Gasteiger charge is 2.26. The lowest BCUT2D eigenvalue weighted by molar-refractivity contribution is 0.540. The first-order valence-electron chi connectivity index (χ1n) is 10.4. The SMILES string of the molecule is CC(C)(C)c1ccc2nc3c4cc5c6ccc(o6)c5cc4nc(C(C)(C)C)n3c2n1. The summed E-state index contributed by atoms with van der Waals surface area (Å²) < 4.78 is 8.04. The normalized spacial score (nSPS) is 13.7. The zero-order valence-electron chi connectivity index (χ0n) is 18.2. The lowest BCUT2D eigenvalue weighted by Gasteiger charge is -2.21. The second kappa shape index (κ2) is 5.28. The van der Waals surface area contributed by atoms with Gasteiger partial charge in [0.1, 0.15) is 28.2 Å². The number of furan rings is 2. The van der Waals surface area contributed by atoms with E-state index in [0.717, 1.165) is 61.2 Å². The van der Waals surface area contributed by atoms with Crippen molar-refractivity contribution in [3.8, 4) is 0 Å². The van der Waals surface area contributed by atoms with Crippen molar-refractivity contribution in [3.63, 3.8) is 0 Å². The van der Waals surface area contributed by atoms with Gasteiger partial charge in [0.2, 0.25) is 0 Å². The van der Waals surface area contributed by atoms with E-state index < -0.39 is 0 Å². The minimum Gasteiger partial charge on any atom is -0.456 e. The van der Waals surface area contributed by atoms with Crippen LogP contribution >= 0.6 is 0 Å². The maximum Gasteiger partial charge on any atom is 0.166 e. The highest BCUT2D eigenvalue weighted by Crippen LogP contribution is 2.37. The molecule has 6 aromatic rings. The summed E-state index contributed by atoms with van der Waals surface area (Å²) in [6.45, 7) is 13.1. The van der Waals surface area contributed by atoms with Crippen molar-refractivity contribution in [2.45, 2.75) is 52.4 Å². The molecule has 5 heteroatoms. The lowest BCUT2D eigenvalue weighted by atomic mass is 9.92. The molecule has 5 nitrogen and oxygen atoms in total. The van der Waals surface area contributed by atoms with Crippen LogP contribution in [0, 0.1) is 0 Å². The van der Waals surface area contributed by atoms with Crippen molar-refractivity contribution in [1.29, 1.82) is 0 Å². The minimum absolute atomic E-state index is 0.0396. The average Bonchev–Trinajstić information content (AvgIpc) is 3.37. The number of benzene rings is 2. The van der Waals surface area contributed by atoms with E-state index in [1.807, 2.05) is 12.1 Å². The second-order valence-electron chi connectivity index (χ2n) is 10.3. The fourth-order valence-corrected chi connectivity index (χ4v) is 4.32. The van der Waals surface area contributed by atoms with Gasteiger partial charge in [-0.05, 0) is 36.4 Å². The number of rotatable bonds is 0. The van der Waals surface area contributed by atoms with E-state index in [9.17, 15) is 0 Å². The maximum absolute atomic E-state index is 5.89. The van der Waals surface area contributed by atoms with Gasteiger partial charge >= 0.3 is 0 Å². The maximum atomic E-state index is 5.89. The third-order valence-electron chi connectivity index (χ3n) is 5.90. The Morgan fingerprint density at radius 2 is 1.37 bits per heavy atom. The van der Waals surface area contributed by atoms with Crippen molar-refractivity contribution >= 4 is 49.7 Å². The quantitative estimate of drug-likeness (QED) is 0.280. The zero-order chi connectivity index (χ0) is 21.0. The van der Waals surface area contributed by atoms with Gasteiger partial charge in [0, 0.05) is 32.7 Å². The van der Waals surface area contributed by atoms with Gasteiger partial charge in [-0.3, -0.25) is 4.40 Å². The Labute approximate surface area is 174 Å². The number of imidazole rings is 1. The topological polar surface area (TPSA) is 56.2 Å². The van der Waals surface area contributed by atoms with E-state index in [4.69, 9.17) is 19.4 Å².